The van der Waals surface area contributed by atoms with Crippen molar-refractivity contribution in [1.82, 2.24) is 9.80 Å². The number of ether oxygens (including phenoxy) is 1. The van der Waals surface area contributed by atoms with Crippen molar-refractivity contribution in [3.05, 3.63) is 29.0 Å². The highest BCUT2D eigenvalue weighted by Gasteiger charge is 2.41. The normalized spacial score (nSPS) is 25.3. The summed E-state index contributed by atoms with van der Waals surface area (Å²) in [6.07, 6.45) is -0.376. The largest absolute Gasteiger partial charge is 0.444 e. The molecule has 0 aromatic heterocycles. The highest BCUT2D eigenvalue weighted by Crippen LogP contribution is 2.27. The number of alkyl halides is 1. The smallest absolute Gasteiger partial charge is 0.410 e. The van der Waals surface area contributed by atoms with Crippen LogP contribution in [0.3, 0.4) is 0 Å². The first kappa shape index (κ1) is 22.6. The van der Waals surface area contributed by atoms with Gasteiger partial charge in [-0.3, -0.25) is 4.79 Å². The fraction of sp³-hybridized carbons (Fsp3) is 0.619. The maximum Gasteiger partial charge on any atom is 0.410 e. The summed E-state index contributed by atoms with van der Waals surface area (Å²) in [5.74, 6) is -0.769. The average molecular weight is 444 g/mol. The van der Waals surface area contributed by atoms with E-state index in [0.717, 1.165) is 0 Å². The minimum Gasteiger partial charge on any atom is -0.444 e. The molecule has 2 aliphatic rings. The fourth-order valence-electron chi connectivity index (χ4n) is 3.89. The molecule has 2 heterocycles. The van der Waals surface area contributed by atoms with Crippen LogP contribution in [0.15, 0.2) is 18.2 Å². The molecule has 166 valence electrons. The van der Waals surface area contributed by atoms with Crippen molar-refractivity contribution in [1.29, 1.82) is 0 Å². The van der Waals surface area contributed by atoms with Crippen molar-refractivity contribution in [3.8, 4) is 0 Å². The highest BCUT2D eigenvalue weighted by molar-refractivity contribution is 6.30. The van der Waals surface area contributed by atoms with Crippen molar-refractivity contribution < 1.29 is 23.1 Å². The van der Waals surface area contributed by atoms with E-state index >= 15 is 0 Å². The van der Waals surface area contributed by atoms with Crippen molar-refractivity contribution >= 4 is 29.3 Å². The Morgan fingerprint density at radius 1 is 1.23 bits per heavy atom. The number of benzene rings is 1. The Morgan fingerprint density at radius 2 is 1.97 bits per heavy atom. The number of carbonyl (C=O) groups excluding carboxylic acids is 2. The molecule has 0 saturated carbocycles. The van der Waals surface area contributed by atoms with Gasteiger partial charge in [-0.1, -0.05) is 11.6 Å². The quantitative estimate of drug-likeness (QED) is 0.759. The number of likely N-dealkylation sites (tertiary alicyclic amines) is 2. The molecule has 30 heavy (non-hydrogen) atoms. The molecular weight excluding hydrogens is 416 g/mol. The van der Waals surface area contributed by atoms with E-state index in [1.807, 2.05) is 0 Å². The summed E-state index contributed by atoms with van der Waals surface area (Å²) in [7, 11) is 0. The van der Waals surface area contributed by atoms with Gasteiger partial charge in [0.25, 0.3) is 0 Å². The van der Waals surface area contributed by atoms with Gasteiger partial charge in [-0.2, -0.15) is 0 Å². The number of carbonyl (C=O) groups is 2. The van der Waals surface area contributed by atoms with Crippen LogP contribution < -0.4 is 5.32 Å². The van der Waals surface area contributed by atoms with Crippen molar-refractivity contribution in [2.45, 2.75) is 63.9 Å². The molecule has 1 aromatic rings. The zero-order valence-electron chi connectivity index (χ0n) is 17.5. The molecule has 1 aromatic carbocycles. The summed E-state index contributed by atoms with van der Waals surface area (Å²) in [6, 6.07) is 2.64. The Kier molecular flexibility index (Phi) is 6.75. The first-order valence-corrected chi connectivity index (χ1v) is 10.6. The van der Waals surface area contributed by atoms with Crippen molar-refractivity contribution in [3.63, 3.8) is 0 Å². The molecule has 3 rings (SSSR count). The van der Waals surface area contributed by atoms with Gasteiger partial charge in [0.15, 0.2) is 0 Å². The molecule has 1 N–H and O–H groups in total. The predicted molar refractivity (Wildman–Crippen MR) is 111 cm³/mol. The third-order valence-electron chi connectivity index (χ3n) is 5.23. The summed E-state index contributed by atoms with van der Waals surface area (Å²) in [4.78, 5) is 28.5. The number of amides is 2. The number of hydrogen-bond acceptors (Lipinski definition) is 4. The van der Waals surface area contributed by atoms with Gasteiger partial charge in [0.05, 0.1) is 6.04 Å². The molecule has 2 aliphatic heterocycles. The molecule has 2 saturated heterocycles. The van der Waals surface area contributed by atoms with E-state index in [0.29, 0.717) is 25.1 Å². The van der Waals surface area contributed by atoms with Crippen molar-refractivity contribution in [2.24, 2.45) is 0 Å². The number of nitrogens with one attached hydrogen (secondary N) is 1. The van der Waals surface area contributed by atoms with Crippen LogP contribution in [0, 0.1) is 5.82 Å². The van der Waals surface area contributed by atoms with E-state index in [1.165, 1.54) is 21.9 Å². The molecule has 3 atom stereocenters. The van der Waals surface area contributed by atoms with E-state index in [-0.39, 0.29) is 30.4 Å². The average Bonchev–Trinajstić information content (AvgIpc) is 2.62. The number of halogens is 3. The van der Waals surface area contributed by atoms with Gasteiger partial charge in [0, 0.05) is 30.3 Å². The Balaban J connectivity index is 1.70. The molecular formula is C21H28ClF2N3O3. The maximum absolute atomic E-state index is 14.8. The summed E-state index contributed by atoms with van der Waals surface area (Å²) < 4.78 is 33.8. The summed E-state index contributed by atoms with van der Waals surface area (Å²) in [5, 5.41) is 3.24. The Labute approximate surface area is 180 Å². The van der Waals surface area contributed by atoms with Gasteiger partial charge in [0.1, 0.15) is 23.6 Å². The van der Waals surface area contributed by atoms with E-state index < -0.39 is 35.8 Å². The monoisotopic (exact) mass is 443 g/mol. The lowest BCUT2D eigenvalue weighted by atomic mass is 9.96. The first-order chi connectivity index (χ1) is 14.0. The van der Waals surface area contributed by atoms with Crippen LogP contribution in [0.1, 0.15) is 40.0 Å². The second kappa shape index (κ2) is 8.96. The van der Waals surface area contributed by atoms with Gasteiger partial charge < -0.3 is 19.9 Å². The van der Waals surface area contributed by atoms with Gasteiger partial charge in [0.2, 0.25) is 5.91 Å². The number of rotatable bonds is 3. The third kappa shape index (κ3) is 5.53. The lowest BCUT2D eigenvalue weighted by Gasteiger charge is -2.44. The molecule has 9 heteroatoms. The number of nitrogens with zero attached hydrogens (tertiary/aromatic N) is 2. The van der Waals surface area contributed by atoms with Crippen LogP contribution in [0.25, 0.3) is 0 Å². The van der Waals surface area contributed by atoms with Crippen LogP contribution in [-0.4, -0.2) is 65.3 Å². The minimum absolute atomic E-state index is 0.0837. The third-order valence-corrected chi connectivity index (χ3v) is 5.45. The molecule has 6 nitrogen and oxygen atoms in total. The molecule has 0 aliphatic carbocycles. The van der Waals surface area contributed by atoms with Crippen molar-refractivity contribution in [2.75, 3.05) is 25.0 Å². The molecule has 0 radical (unpaired) electrons. The van der Waals surface area contributed by atoms with Crippen LogP contribution in [0.2, 0.25) is 5.02 Å². The zero-order chi connectivity index (χ0) is 22.1. The van der Waals surface area contributed by atoms with E-state index in [2.05, 4.69) is 5.32 Å². The van der Waals surface area contributed by atoms with Gasteiger partial charge in [-0.15, -0.1) is 0 Å². The molecule has 2 amide bonds. The SMILES string of the molecule is CC(C)(C)OC(=O)N1CC[C@H](F)[C@@H](N2CCC[C@H](Nc3cc(F)cc(Cl)c3)C2=O)C1. The number of hydrogen-bond donors (Lipinski definition) is 1. The topological polar surface area (TPSA) is 61.9 Å². The van der Waals surface area contributed by atoms with Gasteiger partial charge in [-0.25, -0.2) is 13.6 Å². The summed E-state index contributed by atoms with van der Waals surface area (Å²) in [5.41, 5.74) is -0.252. The number of piperidine rings is 2. The summed E-state index contributed by atoms with van der Waals surface area (Å²) in [6.45, 7) is 6.06. The van der Waals surface area contributed by atoms with Crippen LogP contribution in [0.4, 0.5) is 19.3 Å². The zero-order valence-corrected chi connectivity index (χ0v) is 18.2. The predicted octanol–water partition coefficient (Wildman–Crippen LogP) is 4.23. The fourth-order valence-corrected chi connectivity index (χ4v) is 4.11. The molecule has 0 spiro atoms. The van der Waals surface area contributed by atoms with Crippen LogP contribution in [-0.2, 0) is 9.53 Å². The number of anilines is 1. The maximum atomic E-state index is 14.8. The van der Waals surface area contributed by atoms with Crippen LogP contribution in [0.5, 0.6) is 0 Å². The minimum atomic E-state index is -1.23. The second-order valence-corrected chi connectivity index (χ2v) is 9.26. The van der Waals surface area contributed by atoms with E-state index in [4.69, 9.17) is 16.3 Å². The van der Waals surface area contributed by atoms with Gasteiger partial charge in [-0.05, 0) is 58.2 Å². The lowest BCUT2D eigenvalue weighted by molar-refractivity contribution is -0.140. The Bertz CT molecular complexity index is 782. The second-order valence-electron chi connectivity index (χ2n) is 8.83. The van der Waals surface area contributed by atoms with Crippen LogP contribution >= 0.6 is 11.6 Å². The summed E-state index contributed by atoms with van der Waals surface area (Å²) >= 11 is 5.89. The first-order valence-electron chi connectivity index (χ1n) is 10.2. The Hall–Kier alpha value is -2.09. The van der Waals surface area contributed by atoms with E-state index in [1.54, 1.807) is 26.8 Å². The standard InChI is InChI=1S/C21H28ClF2N3O3/c1-21(2,3)30-20(29)26-8-6-16(24)18(12-26)27-7-4-5-17(19(27)28)25-15-10-13(22)9-14(23)11-15/h9-11,16-18,25H,4-8,12H2,1-3H3/t16-,17-,18-/m0/s1. The molecule has 2 fully saturated rings. The van der Waals surface area contributed by atoms with E-state index in [9.17, 15) is 18.4 Å². The molecule has 0 bridgehead atoms. The molecule has 0 unspecified atom stereocenters. The highest BCUT2D eigenvalue weighted by atomic mass is 35.5. The Morgan fingerprint density at radius 3 is 2.63 bits per heavy atom. The van der Waals surface area contributed by atoms with Gasteiger partial charge >= 0.3 is 6.09 Å². The lowest BCUT2D eigenvalue weighted by Crippen LogP contribution is -2.61.